The smallest absolute Gasteiger partial charge is 0.254 e. The number of aromatic nitrogens is 1. The van der Waals surface area contributed by atoms with Crippen LogP contribution in [-0.2, 0) is 10.4 Å². The monoisotopic (exact) mass is 394 g/mol. The van der Waals surface area contributed by atoms with E-state index in [2.05, 4.69) is 20.8 Å². The summed E-state index contributed by atoms with van der Waals surface area (Å²) in [5.74, 6) is 0.311. The van der Waals surface area contributed by atoms with Gasteiger partial charge in [-0.15, -0.1) is 0 Å². The predicted octanol–water partition coefficient (Wildman–Crippen LogP) is 3.30. The van der Waals surface area contributed by atoms with Crippen LogP contribution in [0.5, 0.6) is 0 Å². The van der Waals surface area contributed by atoms with E-state index in [1.54, 1.807) is 12.1 Å². The third-order valence-electron chi connectivity index (χ3n) is 5.54. The number of aromatic amines is 1. The number of hydrogen-bond donors (Lipinski definition) is 3. The van der Waals surface area contributed by atoms with Gasteiger partial charge in [0.05, 0.1) is 19.2 Å². The van der Waals surface area contributed by atoms with E-state index in [9.17, 15) is 9.18 Å². The van der Waals surface area contributed by atoms with Gasteiger partial charge in [0.15, 0.2) is 0 Å². The number of aliphatic imine (C=N–C) groups is 1. The number of hydrogen-bond acceptors (Lipinski definition) is 5. The minimum absolute atomic E-state index is 0.101. The number of guanidine groups is 1. The van der Waals surface area contributed by atoms with E-state index in [1.807, 2.05) is 44.2 Å². The highest BCUT2D eigenvalue weighted by Crippen LogP contribution is 2.32. The average molecular weight is 394 g/mol. The Labute approximate surface area is 167 Å². The predicted molar refractivity (Wildman–Crippen MR) is 112 cm³/mol. The molecule has 0 bridgehead atoms. The molecule has 2 aromatic carbocycles. The van der Waals surface area contributed by atoms with Crippen LogP contribution in [0.15, 0.2) is 58.3 Å². The SMILES string of the molecule is CONC1=NCC(c2ccc(-c3ccc4cccc(F)c4c3)[nH]c2=O)(C(C)C)N1. The Morgan fingerprint density at radius 1 is 1.21 bits per heavy atom. The molecule has 0 radical (unpaired) electrons. The number of hydroxylamine groups is 1. The molecular weight excluding hydrogens is 371 g/mol. The van der Waals surface area contributed by atoms with Crippen LogP contribution in [0.1, 0.15) is 19.4 Å². The lowest BCUT2D eigenvalue weighted by Crippen LogP contribution is -2.52. The molecule has 3 aromatic rings. The summed E-state index contributed by atoms with van der Waals surface area (Å²) in [6.07, 6.45) is 0. The van der Waals surface area contributed by atoms with Crippen LogP contribution in [0.4, 0.5) is 4.39 Å². The van der Waals surface area contributed by atoms with Gasteiger partial charge in [0.25, 0.3) is 5.56 Å². The fraction of sp³-hybridized carbons (Fsp3) is 0.273. The third kappa shape index (κ3) is 3.27. The lowest BCUT2D eigenvalue weighted by Gasteiger charge is -2.33. The maximum absolute atomic E-state index is 14.2. The molecule has 0 aliphatic carbocycles. The lowest BCUT2D eigenvalue weighted by molar-refractivity contribution is 0.139. The normalized spacial score (nSPS) is 18.7. The first kappa shape index (κ1) is 19.1. The Kier molecular flexibility index (Phi) is 4.84. The van der Waals surface area contributed by atoms with Crippen molar-refractivity contribution in [3.63, 3.8) is 0 Å². The summed E-state index contributed by atoms with van der Waals surface area (Å²) in [7, 11) is 1.51. The van der Waals surface area contributed by atoms with Crippen LogP contribution in [0.25, 0.3) is 22.0 Å². The summed E-state index contributed by atoms with van der Waals surface area (Å²) in [5.41, 5.74) is 3.84. The molecule has 150 valence electrons. The van der Waals surface area contributed by atoms with E-state index in [0.29, 0.717) is 29.1 Å². The van der Waals surface area contributed by atoms with Crippen molar-refractivity contribution in [2.45, 2.75) is 19.4 Å². The maximum Gasteiger partial charge on any atom is 0.254 e. The topological polar surface area (TPSA) is 78.5 Å². The van der Waals surface area contributed by atoms with Gasteiger partial charge in [-0.1, -0.05) is 38.1 Å². The zero-order chi connectivity index (χ0) is 20.6. The molecule has 0 fully saturated rings. The largest absolute Gasteiger partial charge is 0.343 e. The average Bonchev–Trinajstić information content (AvgIpc) is 3.13. The van der Waals surface area contributed by atoms with Crippen molar-refractivity contribution in [3.05, 3.63) is 70.3 Å². The van der Waals surface area contributed by atoms with Crippen LogP contribution in [0.2, 0.25) is 0 Å². The van der Waals surface area contributed by atoms with Gasteiger partial charge in [-0.2, -0.15) is 0 Å². The lowest BCUT2D eigenvalue weighted by atomic mass is 9.81. The first-order chi connectivity index (χ1) is 13.9. The maximum atomic E-state index is 14.2. The number of fused-ring (bicyclic) bond motifs is 1. The quantitative estimate of drug-likeness (QED) is 0.594. The van der Waals surface area contributed by atoms with E-state index >= 15 is 0 Å². The van der Waals surface area contributed by atoms with Gasteiger partial charge in [-0.05, 0) is 41.1 Å². The molecule has 1 aliphatic rings. The van der Waals surface area contributed by atoms with Gasteiger partial charge in [-0.3, -0.25) is 9.63 Å². The Balaban J connectivity index is 1.73. The molecule has 6 nitrogen and oxygen atoms in total. The highest BCUT2D eigenvalue weighted by Gasteiger charge is 2.42. The van der Waals surface area contributed by atoms with E-state index in [0.717, 1.165) is 10.9 Å². The molecule has 2 heterocycles. The van der Waals surface area contributed by atoms with E-state index in [-0.39, 0.29) is 17.3 Å². The van der Waals surface area contributed by atoms with Gasteiger partial charge in [0.2, 0.25) is 5.96 Å². The second-order valence-corrected chi connectivity index (χ2v) is 7.51. The molecule has 0 saturated heterocycles. The van der Waals surface area contributed by atoms with Gasteiger partial charge in [-0.25, -0.2) is 14.9 Å². The molecule has 4 rings (SSSR count). The van der Waals surface area contributed by atoms with Gasteiger partial charge < -0.3 is 10.3 Å². The molecule has 0 saturated carbocycles. The Hall–Kier alpha value is -3.19. The van der Waals surface area contributed by atoms with Crippen molar-refractivity contribution < 1.29 is 9.23 Å². The van der Waals surface area contributed by atoms with Gasteiger partial charge >= 0.3 is 0 Å². The van der Waals surface area contributed by atoms with Crippen molar-refractivity contribution in [2.24, 2.45) is 10.9 Å². The molecule has 1 aromatic heterocycles. The molecule has 0 spiro atoms. The number of halogens is 1. The van der Waals surface area contributed by atoms with Crippen molar-refractivity contribution >= 4 is 16.7 Å². The molecule has 7 heteroatoms. The van der Waals surface area contributed by atoms with E-state index < -0.39 is 5.54 Å². The van der Waals surface area contributed by atoms with Crippen LogP contribution in [-0.4, -0.2) is 24.6 Å². The number of H-pyrrole nitrogens is 1. The van der Waals surface area contributed by atoms with Crippen LogP contribution in [0, 0.1) is 11.7 Å². The molecule has 3 N–H and O–H groups in total. The standard InChI is InChI=1S/C22H23FN4O2/c1-13(2)22(12-24-21(26-22)27-29-3)17-9-10-19(25-20(17)28)15-8-7-14-5-4-6-18(23)16(14)11-15/h4-11,13H,12H2,1-3H3,(H,25,28)(H2,24,26,27). The number of benzene rings is 2. The number of nitrogens with zero attached hydrogens (tertiary/aromatic N) is 1. The van der Waals surface area contributed by atoms with Gasteiger partial charge in [0.1, 0.15) is 5.82 Å². The third-order valence-corrected chi connectivity index (χ3v) is 5.54. The molecule has 1 aliphatic heterocycles. The first-order valence-electron chi connectivity index (χ1n) is 9.48. The Morgan fingerprint density at radius 3 is 2.76 bits per heavy atom. The van der Waals surface area contributed by atoms with E-state index in [1.165, 1.54) is 13.2 Å². The summed E-state index contributed by atoms with van der Waals surface area (Å²) in [6.45, 7) is 4.50. The zero-order valence-electron chi connectivity index (χ0n) is 16.5. The molecule has 29 heavy (non-hydrogen) atoms. The minimum Gasteiger partial charge on any atom is -0.343 e. The van der Waals surface area contributed by atoms with Gasteiger partial charge in [0, 0.05) is 16.6 Å². The first-order valence-corrected chi connectivity index (χ1v) is 9.48. The Bertz CT molecular complexity index is 1160. The fourth-order valence-electron chi connectivity index (χ4n) is 3.83. The minimum atomic E-state index is -0.636. The number of pyridine rings is 1. The number of nitrogens with one attached hydrogen (secondary N) is 3. The Morgan fingerprint density at radius 2 is 2.03 bits per heavy atom. The van der Waals surface area contributed by atoms with Crippen molar-refractivity contribution in [1.29, 1.82) is 0 Å². The molecular formula is C22H23FN4O2. The second kappa shape index (κ2) is 7.33. The second-order valence-electron chi connectivity index (χ2n) is 7.51. The highest BCUT2D eigenvalue weighted by atomic mass is 19.1. The summed E-state index contributed by atoms with van der Waals surface area (Å²) in [4.78, 5) is 25.3. The van der Waals surface area contributed by atoms with Crippen LogP contribution < -0.4 is 16.4 Å². The van der Waals surface area contributed by atoms with Crippen molar-refractivity contribution in [2.75, 3.05) is 13.7 Å². The molecule has 0 amide bonds. The fourth-order valence-corrected chi connectivity index (χ4v) is 3.83. The number of rotatable bonds is 4. The summed E-state index contributed by atoms with van der Waals surface area (Å²) in [5, 5.41) is 4.64. The summed E-state index contributed by atoms with van der Waals surface area (Å²) < 4.78 is 14.2. The molecule has 1 atom stereocenters. The van der Waals surface area contributed by atoms with Crippen LogP contribution in [0.3, 0.4) is 0 Å². The summed E-state index contributed by atoms with van der Waals surface area (Å²) >= 11 is 0. The van der Waals surface area contributed by atoms with Crippen molar-refractivity contribution in [3.8, 4) is 11.3 Å². The molecule has 1 unspecified atom stereocenters. The van der Waals surface area contributed by atoms with Crippen molar-refractivity contribution in [1.82, 2.24) is 15.8 Å². The zero-order valence-corrected chi connectivity index (χ0v) is 16.5. The highest BCUT2D eigenvalue weighted by molar-refractivity contribution is 5.87. The summed E-state index contributed by atoms with van der Waals surface area (Å²) in [6, 6.07) is 14.1. The van der Waals surface area contributed by atoms with Crippen LogP contribution >= 0.6 is 0 Å². The van der Waals surface area contributed by atoms with E-state index in [4.69, 9.17) is 4.84 Å².